The number of rotatable bonds is 3. The summed E-state index contributed by atoms with van der Waals surface area (Å²) in [4.78, 5) is 30.2. The first-order valence-corrected chi connectivity index (χ1v) is 7.76. The second kappa shape index (κ2) is 5.34. The number of carbonyl (C=O) groups excluding carboxylic acids is 1. The molecule has 0 radical (unpaired) electrons. The van der Waals surface area contributed by atoms with Crippen molar-refractivity contribution >= 4 is 23.0 Å². The summed E-state index contributed by atoms with van der Waals surface area (Å²) in [6.45, 7) is 3.10. The van der Waals surface area contributed by atoms with Gasteiger partial charge in [0.05, 0.1) is 0 Å². The molecule has 3 aliphatic rings. The third-order valence-corrected chi connectivity index (χ3v) is 4.85. The van der Waals surface area contributed by atoms with E-state index in [-0.39, 0.29) is 28.7 Å². The molecule has 0 aliphatic carbocycles. The van der Waals surface area contributed by atoms with E-state index in [1.807, 2.05) is 0 Å². The van der Waals surface area contributed by atoms with Crippen molar-refractivity contribution in [1.29, 1.82) is 0 Å². The van der Waals surface area contributed by atoms with E-state index >= 15 is 0 Å². The number of aromatic carboxylic acids is 1. The Kier molecular flexibility index (Phi) is 3.30. The standard InChI is InChI=1S/C16H17N3O4/c20-15(18-12-7-19-5-3-9(12)4-6-19)11-1-2-13-14(17-11)10(8-23-13)16(21)22/h1-2,8-9,12H,3-7H2,(H,18,20)(H,21,22)/t12-/m0/s1. The summed E-state index contributed by atoms with van der Waals surface area (Å²) in [7, 11) is 0. The van der Waals surface area contributed by atoms with Crippen LogP contribution in [0.25, 0.3) is 11.1 Å². The Morgan fingerprint density at radius 1 is 1.30 bits per heavy atom. The molecule has 0 saturated carbocycles. The molecule has 0 spiro atoms. The first kappa shape index (κ1) is 14.2. The van der Waals surface area contributed by atoms with Crippen LogP contribution in [0.2, 0.25) is 0 Å². The number of nitrogens with zero attached hydrogens (tertiary/aromatic N) is 2. The van der Waals surface area contributed by atoms with Crippen molar-refractivity contribution in [2.24, 2.45) is 5.92 Å². The second-order valence-electron chi connectivity index (χ2n) is 6.22. The smallest absolute Gasteiger partial charge is 0.341 e. The lowest BCUT2D eigenvalue weighted by Crippen LogP contribution is -2.57. The molecule has 2 N–H and O–H groups in total. The molecule has 3 fully saturated rings. The SMILES string of the molecule is O=C(N[C@H]1CN2CCC1CC2)c1ccc2occ(C(=O)O)c2n1. The van der Waals surface area contributed by atoms with E-state index in [1.165, 1.54) is 0 Å². The van der Waals surface area contributed by atoms with Crippen LogP contribution in [0.15, 0.2) is 22.8 Å². The number of piperidine rings is 3. The van der Waals surface area contributed by atoms with Gasteiger partial charge < -0.3 is 19.7 Å². The molecule has 1 amide bonds. The van der Waals surface area contributed by atoms with Gasteiger partial charge in [0, 0.05) is 12.6 Å². The third kappa shape index (κ3) is 2.46. The highest BCUT2D eigenvalue weighted by atomic mass is 16.4. The number of nitrogens with one attached hydrogen (secondary N) is 1. The Bertz CT molecular complexity index is 777. The average Bonchev–Trinajstić information content (AvgIpc) is 2.99. The molecule has 0 unspecified atom stereocenters. The zero-order valence-electron chi connectivity index (χ0n) is 12.5. The van der Waals surface area contributed by atoms with Crippen LogP contribution in [0.3, 0.4) is 0 Å². The summed E-state index contributed by atoms with van der Waals surface area (Å²) in [6.07, 6.45) is 3.37. The van der Waals surface area contributed by atoms with Crippen molar-refractivity contribution in [3.63, 3.8) is 0 Å². The number of hydrogen-bond donors (Lipinski definition) is 2. The number of carboxylic acid groups (broad SMARTS) is 1. The highest BCUT2D eigenvalue weighted by molar-refractivity contribution is 6.02. The molecule has 1 atom stereocenters. The van der Waals surface area contributed by atoms with Gasteiger partial charge in [0.15, 0.2) is 5.58 Å². The summed E-state index contributed by atoms with van der Waals surface area (Å²) in [5, 5.41) is 12.2. The van der Waals surface area contributed by atoms with E-state index in [0.717, 1.165) is 38.7 Å². The fourth-order valence-electron chi connectivity index (χ4n) is 3.56. The maximum absolute atomic E-state index is 12.5. The Morgan fingerprint density at radius 3 is 2.74 bits per heavy atom. The van der Waals surface area contributed by atoms with Crippen LogP contribution in [0.1, 0.15) is 33.7 Å². The zero-order valence-corrected chi connectivity index (χ0v) is 12.5. The maximum atomic E-state index is 12.5. The fourth-order valence-corrected chi connectivity index (χ4v) is 3.56. The van der Waals surface area contributed by atoms with Crippen molar-refractivity contribution < 1.29 is 19.1 Å². The van der Waals surface area contributed by atoms with Gasteiger partial charge in [0.1, 0.15) is 23.0 Å². The molecule has 2 bridgehead atoms. The van der Waals surface area contributed by atoms with Crippen LogP contribution in [0, 0.1) is 5.92 Å². The van der Waals surface area contributed by atoms with E-state index in [4.69, 9.17) is 9.52 Å². The van der Waals surface area contributed by atoms with E-state index in [2.05, 4.69) is 15.2 Å². The number of hydrogen-bond acceptors (Lipinski definition) is 5. The Balaban J connectivity index is 1.57. The van der Waals surface area contributed by atoms with Gasteiger partial charge in [-0.3, -0.25) is 4.79 Å². The lowest BCUT2D eigenvalue weighted by molar-refractivity contribution is 0.0617. The average molecular weight is 315 g/mol. The van der Waals surface area contributed by atoms with Crippen LogP contribution in [-0.2, 0) is 0 Å². The number of carboxylic acids is 1. The lowest BCUT2D eigenvalue weighted by Gasteiger charge is -2.44. The predicted molar refractivity (Wildman–Crippen MR) is 81.4 cm³/mol. The predicted octanol–water partition coefficient (Wildman–Crippen LogP) is 1.35. The summed E-state index contributed by atoms with van der Waals surface area (Å²) in [5.74, 6) is -0.856. The quantitative estimate of drug-likeness (QED) is 0.887. The summed E-state index contributed by atoms with van der Waals surface area (Å²) in [6, 6.07) is 3.29. The third-order valence-electron chi connectivity index (χ3n) is 4.85. The molecule has 2 aromatic rings. The highest BCUT2D eigenvalue weighted by Gasteiger charge is 2.35. The number of pyridine rings is 1. The minimum Gasteiger partial charge on any atom is -0.477 e. The molecule has 3 aliphatic heterocycles. The minimum atomic E-state index is -1.12. The first-order valence-electron chi connectivity index (χ1n) is 7.76. The molecule has 23 heavy (non-hydrogen) atoms. The Hall–Kier alpha value is -2.41. The van der Waals surface area contributed by atoms with Gasteiger partial charge >= 0.3 is 5.97 Å². The zero-order chi connectivity index (χ0) is 16.0. The number of furan rings is 1. The van der Waals surface area contributed by atoms with E-state index in [9.17, 15) is 9.59 Å². The fraction of sp³-hybridized carbons (Fsp3) is 0.438. The normalized spacial score (nSPS) is 26.3. The van der Waals surface area contributed by atoms with Crippen molar-refractivity contribution in [3.8, 4) is 0 Å². The molecule has 2 aromatic heterocycles. The number of carbonyl (C=O) groups is 2. The van der Waals surface area contributed by atoms with E-state index in [0.29, 0.717) is 11.5 Å². The van der Waals surface area contributed by atoms with Crippen LogP contribution in [0.4, 0.5) is 0 Å². The van der Waals surface area contributed by atoms with Crippen LogP contribution >= 0.6 is 0 Å². The number of aromatic nitrogens is 1. The van der Waals surface area contributed by atoms with Gasteiger partial charge in [0.25, 0.3) is 5.91 Å². The molecule has 5 heterocycles. The highest BCUT2D eigenvalue weighted by Crippen LogP contribution is 2.27. The topological polar surface area (TPSA) is 95.7 Å². The summed E-state index contributed by atoms with van der Waals surface area (Å²) < 4.78 is 5.15. The minimum absolute atomic E-state index is 0.0301. The molecule has 120 valence electrons. The molecular weight excluding hydrogens is 298 g/mol. The monoisotopic (exact) mass is 315 g/mol. The van der Waals surface area contributed by atoms with Crippen molar-refractivity contribution in [2.45, 2.75) is 18.9 Å². The van der Waals surface area contributed by atoms with Gasteiger partial charge in [-0.25, -0.2) is 9.78 Å². The van der Waals surface area contributed by atoms with Crippen LogP contribution in [-0.4, -0.2) is 52.5 Å². The maximum Gasteiger partial charge on any atom is 0.341 e. The second-order valence-corrected chi connectivity index (χ2v) is 6.22. The van der Waals surface area contributed by atoms with Crippen molar-refractivity contribution in [2.75, 3.05) is 19.6 Å². The van der Waals surface area contributed by atoms with Gasteiger partial charge in [-0.2, -0.15) is 0 Å². The molecule has 0 aromatic carbocycles. The van der Waals surface area contributed by atoms with E-state index < -0.39 is 5.97 Å². The van der Waals surface area contributed by atoms with Gasteiger partial charge in [-0.1, -0.05) is 0 Å². The number of amides is 1. The Labute approximate surface area is 132 Å². The lowest BCUT2D eigenvalue weighted by atomic mass is 9.84. The molecule has 7 nitrogen and oxygen atoms in total. The largest absolute Gasteiger partial charge is 0.477 e. The first-order chi connectivity index (χ1) is 11.1. The van der Waals surface area contributed by atoms with Crippen LogP contribution < -0.4 is 5.32 Å². The van der Waals surface area contributed by atoms with Crippen molar-refractivity contribution in [1.82, 2.24) is 15.2 Å². The molecule has 7 heteroatoms. The molecule has 5 rings (SSSR count). The van der Waals surface area contributed by atoms with Crippen molar-refractivity contribution in [3.05, 3.63) is 29.7 Å². The van der Waals surface area contributed by atoms with Gasteiger partial charge in [-0.05, 0) is 44.0 Å². The van der Waals surface area contributed by atoms with Crippen LogP contribution in [0.5, 0.6) is 0 Å². The van der Waals surface area contributed by atoms with Gasteiger partial charge in [-0.15, -0.1) is 0 Å². The summed E-state index contributed by atoms with van der Waals surface area (Å²) >= 11 is 0. The number of fused-ring (bicyclic) bond motifs is 4. The van der Waals surface area contributed by atoms with Gasteiger partial charge in [0.2, 0.25) is 0 Å². The van der Waals surface area contributed by atoms with E-state index in [1.54, 1.807) is 12.1 Å². The Morgan fingerprint density at radius 2 is 2.09 bits per heavy atom. The molecule has 3 saturated heterocycles. The molecular formula is C16H17N3O4. The summed E-state index contributed by atoms with van der Waals surface area (Å²) in [5.41, 5.74) is 0.760.